The average Bonchev–Trinajstić information content (AvgIpc) is 2.27. The number of esters is 1. The lowest BCUT2D eigenvalue weighted by atomic mass is 10.1. The molecule has 1 aromatic heterocycles. The molecule has 7 heteroatoms. The van der Waals surface area contributed by atoms with Gasteiger partial charge in [0.2, 0.25) is 5.95 Å². The number of alkyl halides is 2. The number of carbonyl (C=O) groups excluding carboxylic acids is 1. The molecule has 17 heavy (non-hydrogen) atoms. The molecule has 0 bridgehead atoms. The van der Waals surface area contributed by atoms with Gasteiger partial charge in [0, 0.05) is 12.1 Å². The van der Waals surface area contributed by atoms with Crippen molar-refractivity contribution in [2.75, 3.05) is 6.61 Å². The lowest BCUT2D eigenvalue weighted by Gasteiger charge is -2.10. The van der Waals surface area contributed by atoms with Crippen molar-refractivity contribution in [2.45, 2.75) is 19.9 Å². The minimum absolute atomic E-state index is 0.0421. The largest absolute Gasteiger partial charge is 0.462 e. The fourth-order valence-corrected chi connectivity index (χ4v) is 1.27. The number of pyridine rings is 1. The summed E-state index contributed by atoms with van der Waals surface area (Å²) in [4.78, 5) is 14.6. The van der Waals surface area contributed by atoms with Crippen LogP contribution >= 0.6 is 0 Å². The lowest BCUT2D eigenvalue weighted by molar-refractivity contribution is 0.0507. The first-order valence-corrected chi connectivity index (χ1v) is 4.85. The molecule has 94 valence electrons. The van der Waals surface area contributed by atoms with Crippen molar-refractivity contribution in [1.29, 1.82) is 0 Å². The Kier molecular flexibility index (Phi) is 4.45. The summed E-state index contributed by atoms with van der Waals surface area (Å²) in [6.45, 7) is 1.25. The van der Waals surface area contributed by atoms with E-state index in [1.54, 1.807) is 0 Å². The van der Waals surface area contributed by atoms with Gasteiger partial charge < -0.3 is 10.5 Å². The van der Waals surface area contributed by atoms with Gasteiger partial charge in [-0.3, -0.25) is 0 Å². The molecule has 0 amide bonds. The Balaban J connectivity index is 3.31. The topological polar surface area (TPSA) is 65.2 Å². The van der Waals surface area contributed by atoms with Crippen molar-refractivity contribution in [3.05, 3.63) is 28.8 Å². The van der Waals surface area contributed by atoms with Crippen LogP contribution in [-0.4, -0.2) is 17.6 Å². The Morgan fingerprint density at radius 2 is 2.24 bits per heavy atom. The Hall–Kier alpha value is -1.63. The van der Waals surface area contributed by atoms with Crippen molar-refractivity contribution in [3.63, 3.8) is 0 Å². The monoisotopic (exact) mass is 248 g/mol. The minimum Gasteiger partial charge on any atom is -0.462 e. The number of halogens is 3. The van der Waals surface area contributed by atoms with E-state index in [9.17, 15) is 18.0 Å². The van der Waals surface area contributed by atoms with E-state index in [4.69, 9.17) is 5.73 Å². The van der Waals surface area contributed by atoms with Gasteiger partial charge in [-0.1, -0.05) is 0 Å². The molecule has 1 rings (SSSR count). The molecular formula is C10H11F3N2O2. The maximum Gasteiger partial charge on any atom is 0.343 e. The fourth-order valence-electron chi connectivity index (χ4n) is 1.27. The number of nitrogens with zero attached hydrogens (tertiary/aromatic N) is 1. The second-order valence-electron chi connectivity index (χ2n) is 3.09. The third-order valence-corrected chi connectivity index (χ3v) is 1.98. The van der Waals surface area contributed by atoms with E-state index in [1.807, 2.05) is 0 Å². The summed E-state index contributed by atoms with van der Waals surface area (Å²) < 4.78 is 43.3. The molecule has 0 aliphatic rings. The zero-order valence-electron chi connectivity index (χ0n) is 9.04. The van der Waals surface area contributed by atoms with Crippen LogP contribution in [0.15, 0.2) is 6.07 Å². The predicted octanol–water partition coefficient (Wildman–Crippen LogP) is 1.79. The highest BCUT2D eigenvalue weighted by atomic mass is 19.3. The standard InChI is InChI=1S/C10H11F3N2O2/c1-2-17-10(16)7-6(8(11)12)3-5(4-14)15-9(7)13/h3,8H,2,4,14H2,1H3. The SMILES string of the molecule is CCOC(=O)c1c(C(F)F)cc(CN)nc1F. The average molecular weight is 248 g/mol. The highest BCUT2D eigenvalue weighted by molar-refractivity contribution is 5.91. The Morgan fingerprint density at radius 3 is 2.71 bits per heavy atom. The summed E-state index contributed by atoms with van der Waals surface area (Å²) in [5, 5.41) is 0. The van der Waals surface area contributed by atoms with E-state index in [1.165, 1.54) is 6.92 Å². The molecule has 0 fully saturated rings. The third kappa shape index (κ3) is 2.94. The van der Waals surface area contributed by atoms with Crippen molar-refractivity contribution in [2.24, 2.45) is 5.73 Å². The van der Waals surface area contributed by atoms with Crippen molar-refractivity contribution < 1.29 is 22.7 Å². The zero-order valence-corrected chi connectivity index (χ0v) is 9.04. The van der Waals surface area contributed by atoms with Crippen molar-refractivity contribution in [3.8, 4) is 0 Å². The van der Waals surface area contributed by atoms with Crippen LogP contribution in [0.2, 0.25) is 0 Å². The first-order chi connectivity index (χ1) is 8.01. The molecule has 1 aromatic rings. The summed E-state index contributed by atoms with van der Waals surface area (Å²) in [5.74, 6) is -2.45. The van der Waals surface area contributed by atoms with Crippen LogP contribution in [0.25, 0.3) is 0 Å². The number of ether oxygens (including phenoxy) is 1. The normalized spacial score (nSPS) is 10.7. The molecule has 0 atom stereocenters. The maximum absolute atomic E-state index is 13.4. The van der Waals surface area contributed by atoms with E-state index in [0.29, 0.717) is 0 Å². The number of hydrogen-bond acceptors (Lipinski definition) is 4. The van der Waals surface area contributed by atoms with Gasteiger partial charge >= 0.3 is 5.97 Å². The van der Waals surface area contributed by atoms with E-state index >= 15 is 0 Å². The lowest BCUT2D eigenvalue weighted by Crippen LogP contribution is -2.15. The molecule has 1 heterocycles. The van der Waals surface area contributed by atoms with Crippen LogP contribution in [0, 0.1) is 5.95 Å². The summed E-state index contributed by atoms with van der Waals surface area (Å²) in [7, 11) is 0. The first kappa shape index (κ1) is 13.4. The van der Waals surface area contributed by atoms with E-state index in [2.05, 4.69) is 9.72 Å². The Morgan fingerprint density at radius 1 is 1.59 bits per heavy atom. The quantitative estimate of drug-likeness (QED) is 0.651. The zero-order chi connectivity index (χ0) is 13.0. The van der Waals surface area contributed by atoms with Crippen LogP contribution in [0.1, 0.15) is 35.0 Å². The van der Waals surface area contributed by atoms with Gasteiger partial charge in [0.15, 0.2) is 0 Å². The van der Waals surface area contributed by atoms with Crippen LogP contribution < -0.4 is 5.73 Å². The number of carbonyl (C=O) groups is 1. The molecule has 0 radical (unpaired) electrons. The Labute approximate surface area is 95.6 Å². The molecule has 4 nitrogen and oxygen atoms in total. The van der Waals surface area contributed by atoms with Gasteiger partial charge in [-0.25, -0.2) is 18.6 Å². The summed E-state index contributed by atoms with van der Waals surface area (Å²) in [6.07, 6.45) is -3.00. The van der Waals surface area contributed by atoms with Gasteiger partial charge in [0.05, 0.1) is 12.3 Å². The molecule has 0 saturated carbocycles. The van der Waals surface area contributed by atoms with Gasteiger partial charge in [-0.15, -0.1) is 0 Å². The van der Waals surface area contributed by atoms with Crippen molar-refractivity contribution in [1.82, 2.24) is 4.98 Å². The van der Waals surface area contributed by atoms with E-state index in [0.717, 1.165) is 6.07 Å². The molecule has 0 aliphatic heterocycles. The van der Waals surface area contributed by atoms with Crippen LogP contribution in [0.4, 0.5) is 13.2 Å². The first-order valence-electron chi connectivity index (χ1n) is 4.85. The second-order valence-corrected chi connectivity index (χ2v) is 3.09. The van der Waals surface area contributed by atoms with Gasteiger partial charge in [0.25, 0.3) is 6.43 Å². The fraction of sp³-hybridized carbons (Fsp3) is 0.400. The molecular weight excluding hydrogens is 237 g/mol. The van der Waals surface area contributed by atoms with Gasteiger partial charge in [0.1, 0.15) is 5.56 Å². The Bertz CT molecular complexity index is 424. The van der Waals surface area contributed by atoms with Crippen molar-refractivity contribution >= 4 is 5.97 Å². The van der Waals surface area contributed by atoms with Crippen LogP contribution in [0.5, 0.6) is 0 Å². The van der Waals surface area contributed by atoms with E-state index in [-0.39, 0.29) is 18.8 Å². The highest BCUT2D eigenvalue weighted by Crippen LogP contribution is 2.25. The smallest absolute Gasteiger partial charge is 0.343 e. The molecule has 0 saturated heterocycles. The second kappa shape index (κ2) is 5.62. The minimum atomic E-state index is -3.00. The van der Waals surface area contributed by atoms with Crippen LogP contribution in [0.3, 0.4) is 0 Å². The summed E-state index contributed by atoms with van der Waals surface area (Å²) >= 11 is 0. The molecule has 0 aliphatic carbocycles. The predicted molar refractivity (Wildman–Crippen MR) is 53.0 cm³/mol. The molecule has 2 N–H and O–H groups in total. The highest BCUT2D eigenvalue weighted by Gasteiger charge is 2.25. The number of rotatable bonds is 4. The number of hydrogen-bond donors (Lipinski definition) is 1. The summed E-state index contributed by atoms with van der Waals surface area (Å²) in [6, 6.07) is 0.903. The molecule has 0 aromatic carbocycles. The van der Waals surface area contributed by atoms with Gasteiger partial charge in [-0.2, -0.15) is 4.39 Å². The molecule has 0 spiro atoms. The number of aromatic nitrogens is 1. The van der Waals surface area contributed by atoms with Gasteiger partial charge in [-0.05, 0) is 13.0 Å². The summed E-state index contributed by atoms with van der Waals surface area (Å²) in [5.41, 5.74) is 3.54. The number of nitrogens with two attached hydrogens (primary N) is 1. The molecule has 0 unspecified atom stereocenters. The third-order valence-electron chi connectivity index (χ3n) is 1.98. The van der Waals surface area contributed by atoms with E-state index < -0.39 is 29.5 Å². The van der Waals surface area contributed by atoms with Crippen LogP contribution in [-0.2, 0) is 11.3 Å². The maximum atomic E-state index is 13.4.